The highest BCUT2D eigenvalue weighted by Crippen LogP contribution is 2.38. The van der Waals surface area contributed by atoms with Crippen molar-refractivity contribution in [3.05, 3.63) is 28.3 Å². The van der Waals surface area contributed by atoms with Crippen LogP contribution in [0.4, 0.5) is 11.4 Å². The fourth-order valence-electron chi connectivity index (χ4n) is 2.87. The number of ether oxygens (including phenoxy) is 2. The molecule has 0 spiro atoms. The number of rotatable bonds is 6. The van der Waals surface area contributed by atoms with E-state index in [-0.39, 0.29) is 24.9 Å². The Balaban J connectivity index is 2.11. The van der Waals surface area contributed by atoms with Crippen LogP contribution in [0.25, 0.3) is 0 Å². The number of nitro benzene ring substituents is 1. The van der Waals surface area contributed by atoms with E-state index in [4.69, 9.17) is 9.47 Å². The number of aliphatic hydroxyl groups excluding tert-OH is 1. The summed E-state index contributed by atoms with van der Waals surface area (Å²) in [6.45, 7) is 2.77. The standard InChI is InChI=1S/C16H22N2O6/c1-12(20)24-11-16(10-19)5-7-17(8-6-16)14-4-3-13(18(21)22)9-15(14)23-2/h3-4,9,19H,5-8,10-11H2,1-2H3. The molecule has 0 bridgehead atoms. The van der Waals surface area contributed by atoms with E-state index in [0.29, 0.717) is 31.7 Å². The number of nitrogens with zero attached hydrogens (tertiary/aromatic N) is 2. The van der Waals surface area contributed by atoms with Crippen molar-refractivity contribution < 1.29 is 24.3 Å². The quantitative estimate of drug-likeness (QED) is 0.479. The Morgan fingerprint density at radius 2 is 2.08 bits per heavy atom. The lowest BCUT2D eigenvalue weighted by molar-refractivity contribution is -0.384. The van der Waals surface area contributed by atoms with Crippen molar-refractivity contribution >= 4 is 17.3 Å². The first kappa shape index (κ1) is 18.0. The molecule has 0 amide bonds. The molecule has 0 aromatic heterocycles. The van der Waals surface area contributed by atoms with Crippen molar-refractivity contribution in [3.8, 4) is 5.75 Å². The average molecular weight is 338 g/mol. The number of benzene rings is 1. The first-order valence-electron chi connectivity index (χ1n) is 7.72. The largest absolute Gasteiger partial charge is 0.494 e. The highest BCUT2D eigenvalue weighted by atomic mass is 16.6. The first-order chi connectivity index (χ1) is 11.4. The minimum Gasteiger partial charge on any atom is -0.494 e. The van der Waals surface area contributed by atoms with Crippen LogP contribution in [-0.4, -0.2) is 49.4 Å². The number of nitro groups is 1. The van der Waals surface area contributed by atoms with E-state index in [9.17, 15) is 20.0 Å². The number of anilines is 1. The molecule has 8 heteroatoms. The van der Waals surface area contributed by atoms with Crippen LogP contribution in [-0.2, 0) is 9.53 Å². The van der Waals surface area contributed by atoms with Crippen LogP contribution < -0.4 is 9.64 Å². The predicted octanol–water partition coefficient (Wildman–Crippen LogP) is 1.75. The Morgan fingerprint density at radius 1 is 1.42 bits per heavy atom. The molecule has 0 atom stereocenters. The number of piperidine rings is 1. The molecule has 1 heterocycles. The molecule has 1 aromatic carbocycles. The first-order valence-corrected chi connectivity index (χ1v) is 7.72. The predicted molar refractivity (Wildman–Crippen MR) is 87.2 cm³/mol. The van der Waals surface area contributed by atoms with Crippen LogP contribution in [0.3, 0.4) is 0 Å². The van der Waals surface area contributed by atoms with Gasteiger partial charge in [0.1, 0.15) is 5.75 Å². The Morgan fingerprint density at radius 3 is 2.58 bits per heavy atom. The third-order valence-corrected chi connectivity index (χ3v) is 4.46. The Bertz CT molecular complexity index is 611. The van der Waals surface area contributed by atoms with Crippen LogP contribution in [0.2, 0.25) is 0 Å². The summed E-state index contributed by atoms with van der Waals surface area (Å²) in [5.41, 5.74) is 0.324. The number of hydrogen-bond acceptors (Lipinski definition) is 7. The van der Waals surface area contributed by atoms with Gasteiger partial charge in [-0.05, 0) is 18.9 Å². The van der Waals surface area contributed by atoms with E-state index in [1.807, 2.05) is 0 Å². The van der Waals surface area contributed by atoms with Crippen molar-refractivity contribution in [2.24, 2.45) is 5.41 Å². The Labute approximate surface area is 140 Å². The van der Waals surface area contributed by atoms with Crippen LogP contribution >= 0.6 is 0 Å². The summed E-state index contributed by atoms with van der Waals surface area (Å²) in [5, 5.41) is 20.6. The third-order valence-electron chi connectivity index (χ3n) is 4.46. The molecule has 1 aliphatic heterocycles. The molecule has 24 heavy (non-hydrogen) atoms. The van der Waals surface area contributed by atoms with Gasteiger partial charge in [-0.2, -0.15) is 0 Å². The van der Waals surface area contributed by atoms with Crippen LogP contribution in [0.15, 0.2) is 18.2 Å². The topological polar surface area (TPSA) is 102 Å². The second-order valence-electron chi connectivity index (χ2n) is 6.04. The van der Waals surface area contributed by atoms with Gasteiger partial charge in [0, 0.05) is 31.5 Å². The zero-order valence-corrected chi connectivity index (χ0v) is 13.9. The lowest BCUT2D eigenvalue weighted by Gasteiger charge is -2.41. The molecule has 8 nitrogen and oxygen atoms in total. The summed E-state index contributed by atoms with van der Waals surface area (Å²) in [5.74, 6) is 0.0861. The molecular weight excluding hydrogens is 316 g/mol. The summed E-state index contributed by atoms with van der Waals surface area (Å²) in [4.78, 5) is 23.5. The van der Waals surface area contributed by atoms with E-state index in [1.54, 1.807) is 6.07 Å². The molecule has 0 unspecified atom stereocenters. The molecule has 2 rings (SSSR count). The summed E-state index contributed by atoms with van der Waals surface area (Å²) in [6, 6.07) is 4.53. The van der Waals surface area contributed by atoms with Crippen LogP contribution in [0.5, 0.6) is 5.75 Å². The maximum Gasteiger partial charge on any atom is 0.302 e. The molecule has 1 N–H and O–H groups in total. The van der Waals surface area contributed by atoms with Gasteiger partial charge in [0.2, 0.25) is 0 Å². The van der Waals surface area contributed by atoms with E-state index >= 15 is 0 Å². The number of methoxy groups -OCH3 is 1. The second kappa shape index (κ2) is 7.48. The molecule has 1 saturated heterocycles. The van der Waals surface area contributed by atoms with Gasteiger partial charge in [-0.25, -0.2) is 0 Å². The normalized spacial score (nSPS) is 16.5. The van der Waals surface area contributed by atoms with Crippen molar-refractivity contribution in [2.45, 2.75) is 19.8 Å². The SMILES string of the molecule is COc1cc([N+](=O)[O-])ccc1N1CCC(CO)(COC(C)=O)CC1. The monoisotopic (exact) mass is 338 g/mol. The third kappa shape index (κ3) is 3.94. The zero-order valence-electron chi connectivity index (χ0n) is 13.9. The summed E-state index contributed by atoms with van der Waals surface area (Å²) in [6.07, 6.45) is 1.30. The Kier molecular flexibility index (Phi) is 5.61. The van der Waals surface area contributed by atoms with E-state index in [0.717, 1.165) is 5.69 Å². The molecule has 0 aliphatic carbocycles. The van der Waals surface area contributed by atoms with Crippen LogP contribution in [0, 0.1) is 15.5 Å². The van der Waals surface area contributed by atoms with Crippen LogP contribution in [0.1, 0.15) is 19.8 Å². The van der Waals surface area contributed by atoms with Gasteiger partial charge in [0.05, 0.1) is 37.0 Å². The second-order valence-corrected chi connectivity index (χ2v) is 6.04. The average Bonchev–Trinajstić information content (AvgIpc) is 2.59. The smallest absolute Gasteiger partial charge is 0.302 e. The maximum atomic E-state index is 11.0. The minimum absolute atomic E-state index is 0.0211. The number of carbonyl (C=O) groups excluding carboxylic acids is 1. The van der Waals surface area contributed by atoms with E-state index < -0.39 is 10.3 Å². The fourth-order valence-corrected chi connectivity index (χ4v) is 2.87. The molecule has 132 valence electrons. The zero-order chi connectivity index (χ0) is 17.7. The molecule has 0 saturated carbocycles. The lowest BCUT2D eigenvalue weighted by Crippen LogP contribution is -2.45. The summed E-state index contributed by atoms with van der Waals surface area (Å²) < 4.78 is 10.4. The van der Waals surface area contributed by atoms with Gasteiger partial charge in [-0.1, -0.05) is 0 Å². The minimum atomic E-state index is -0.460. The number of carbonyl (C=O) groups is 1. The number of esters is 1. The fraction of sp³-hybridized carbons (Fsp3) is 0.562. The van der Waals surface area contributed by atoms with Gasteiger partial charge in [0.15, 0.2) is 0 Å². The molecule has 1 aromatic rings. The number of non-ortho nitro benzene ring substituents is 1. The van der Waals surface area contributed by atoms with Gasteiger partial charge >= 0.3 is 5.97 Å². The Hall–Kier alpha value is -2.35. The van der Waals surface area contributed by atoms with Gasteiger partial charge in [-0.15, -0.1) is 0 Å². The summed E-state index contributed by atoms with van der Waals surface area (Å²) >= 11 is 0. The van der Waals surface area contributed by atoms with Gasteiger partial charge in [0.25, 0.3) is 5.69 Å². The molecule has 0 radical (unpaired) electrons. The number of hydrogen-bond donors (Lipinski definition) is 1. The van der Waals surface area contributed by atoms with Gasteiger partial charge in [-0.3, -0.25) is 14.9 Å². The van der Waals surface area contributed by atoms with Crippen molar-refractivity contribution in [1.82, 2.24) is 0 Å². The molecule has 1 aliphatic rings. The lowest BCUT2D eigenvalue weighted by atomic mass is 9.79. The number of aliphatic hydroxyl groups is 1. The van der Waals surface area contributed by atoms with E-state index in [2.05, 4.69) is 4.90 Å². The van der Waals surface area contributed by atoms with Gasteiger partial charge < -0.3 is 19.5 Å². The van der Waals surface area contributed by atoms with Crippen molar-refractivity contribution in [3.63, 3.8) is 0 Å². The molecular formula is C16H22N2O6. The molecule has 1 fully saturated rings. The highest BCUT2D eigenvalue weighted by Gasteiger charge is 2.36. The van der Waals surface area contributed by atoms with E-state index in [1.165, 1.54) is 26.2 Å². The van der Waals surface area contributed by atoms with Crippen molar-refractivity contribution in [2.75, 3.05) is 38.3 Å². The highest BCUT2D eigenvalue weighted by molar-refractivity contribution is 5.66. The maximum absolute atomic E-state index is 11.0. The van der Waals surface area contributed by atoms with Crippen molar-refractivity contribution in [1.29, 1.82) is 0 Å². The summed E-state index contributed by atoms with van der Waals surface area (Å²) in [7, 11) is 1.48.